The summed E-state index contributed by atoms with van der Waals surface area (Å²) in [6.07, 6.45) is 3.40. The summed E-state index contributed by atoms with van der Waals surface area (Å²) in [4.78, 5) is 15.5. The second kappa shape index (κ2) is 5.25. The van der Waals surface area contributed by atoms with Crippen molar-refractivity contribution in [3.8, 4) is 0 Å². The monoisotopic (exact) mass is 255 g/mol. The number of halogens is 1. The third kappa shape index (κ3) is 3.22. The van der Waals surface area contributed by atoms with Gasteiger partial charge in [0.15, 0.2) is 0 Å². The number of Topliss-reactive ketones (excluding diaryl/α,β-unsaturated/α-hetero) is 1. The molecule has 0 spiro atoms. The summed E-state index contributed by atoms with van der Waals surface area (Å²) in [7, 11) is 0. The molecule has 14 heavy (non-hydrogen) atoms. The maximum absolute atomic E-state index is 11.2. The molecular formula is C11H14BrNO. The third-order valence-electron chi connectivity index (χ3n) is 2.31. The number of nitrogens with zero attached hydrogens (tertiary/aromatic N) is 1. The highest BCUT2D eigenvalue weighted by Gasteiger charge is 2.12. The summed E-state index contributed by atoms with van der Waals surface area (Å²) in [6, 6.07) is 3.91. The van der Waals surface area contributed by atoms with Gasteiger partial charge in [-0.05, 0) is 47.8 Å². The van der Waals surface area contributed by atoms with E-state index in [4.69, 9.17) is 0 Å². The lowest BCUT2D eigenvalue weighted by molar-refractivity contribution is -0.120. The maximum atomic E-state index is 11.2. The first-order chi connectivity index (χ1) is 6.63. The predicted octanol–water partition coefficient (Wildman–Crippen LogP) is 3.00. The van der Waals surface area contributed by atoms with Crippen LogP contribution in [0.2, 0.25) is 0 Å². The summed E-state index contributed by atoms with van der Waals surface area (Å²) in [5, 5.41) is 0. The minimum atomic E-state index is 0.115. The molecule has 1 unspecified atom stereocenters. The highest BCUT2D eigenvalue weighted by Crippen LogP contribution is 2.13. The Balaban J connectivity index is 2.67. The van der Waals surface area contributed by atoms with Crippen LogP contribution in [0.5, 0.6) is 0 Å². The number of pyridine rings is 1. The Kier molecular flexibility index (Phi) is 4.26. The van der Waals surface area contributed by atoms with E-state index in [1.54, 1.807) is 13.1 Å². The number of aromatic nitrogens is 1. The zero-order valence-corrected chi connectivity index (χ0v) is 10.0. The molecule has 0 aliphatic carbocycles. The summed E-state index contributed by atoms with van der Waals surface area (Å²) >= 11 is 3.33. The van der Waals surface area contributed by atoms with Crippen LogP contribution in [0.4, 0.5) is 0 Å². The van der Waals surface area contributed by atoms with E-state index in [1.807, 2.05) is 19.1 Å². The van der Waals surface area contributed by atoms with Gasteiger partial charge in [-0.2, -0.15) is 0 Å². The lowest BCUT2D eigenvalue weighted by atomic mass is 9.96. The topological polar surface area (TPSA) is 30.0 Å². The molecule has 0 aromatic carbocycles. The fourth-order valence-electron chi connectivity index (χ4n) is 1.36. The Hall–Kier alpha value is -0.700. The third-order valence-corrected chi connectivity index (χ3v) is 2.78. The van der Waals surface area contributed by atoms with Crippen LogP contribution in [-0.2, 0) is 11.2 Å². The first-order valence-corrected chi connectivity index (χ1v) is 5.53. The van der Waals surface area contributed by atoms with Gasteiger partial charge in [0.2, 0.25) is 0 Å². The standard InChI is InChI=1S/C11H14BrNO/c1-3-9(8(2)14)6-11-5-4-10(12)7-13-11/h4-5,7,9H,3,6H2,1-2H3. The molecule has 0 aliphatic heterocycles. The number of carbonyl (C=O) groups is 1. The summed E-state index contributed by atoms with van der Waals surface area (Å²) in [5.74, 6) is 0.362. The average Bonchev–Trinajstić information content (AvgIpc) is 2.16. The van der Waals surface area contributed by atoms with Gasteiger partial charge >= 0.3 is 0 Å². The molecule has 0 radical (unpaired) electrons. The van der Waals surface area contributed by atoms with Crippen LogP contribution in [-0.4, -0.2) is 10.8 Å². The van der Waals surface area contributed by atoms with Crippen molar-refractivity contribution in [2.24, 2.45) is 5.92 Å². The van der Waals surface area contributed by atoms with E-state index in [-0.39, 0.29) is 11.7 Å². The van der Waals surface area contributed by atoms with E-state index in [0.29, 0.717) is 0 Å². The van der Waals surface area contributed by atoms with Crippen LogP contribution in [0.3, 0.4) is 0 Å². The highest BCUT2D eigenvalue weighted by molar-refractivity contribution is 9.10. The van der Waals surface area contributed by atoms with E-state index in [2.05, 4.69) is 20.9 Å². The van der Waals surface area contributed by atoms with Crippen LogP contribution in [0, 0.1) is 5.92 Å². The number of ketones is 1. The molecule has 0 saturated carbocycles. The molecule has 0 bridgehead atoms. The highest BCUT2D eigenvalue weighted by atomic mass is 79.9. The smallest absolute Gasteiger partial charge is 0.133 e. The van der Waals surface area contributed by atoms with Gasteiger partial charge in [0.05, 0.1) is 0 Å². The van der Waals surface area contributed by atoms with Crippen LogP contribution in [0.25, 0.3) is 0 Å². The quantitative estimate of drug-likeness (QED) is 0.828. The van der Waals surface area contributed by atoms with Gasteiger partial charge in [0.1, 0.15) is 5.78 Å². The molecular weight excluding hydrogens is 242 g/mol. The lowest BCUT2D eigenvalue weighted by Crippen LogP contribution is -2.13. The normalized spacial score (nSPS) is 12.5. The summed E-state index contributed by atoms with van der Waals surface area (Å²) < 4.78 is 0.970. The van der Waals surface area contributed by atoms with E-state index in [0.717, 1.165) is 23.0 Å². The number of hydrogen-bond acceptors (Lipinski definition) is 2. The van der Waals surface area contributed by atoms with Gasteiger partial charge < -0.3 is 0 Å². The zero-order chi connectivity index (χ0) is 10.6. The molecule has 1 aromatic rings. The first kappa shape index (κ1) is 11.4. The molecule has 0 amide bonds. The number of carbonyl (C=O) groups excluding carboxylic acids is 1. The van der Waals surface area contributed by atoms with Gasteiger partial charge in [0.25, 0.3) is 0 Å². The average molecular weight is 256 g/mol. The van der Waals surface area contributed by atoms with Crippen molar-refractivity contribution in [1.29, 1.82) is 0 Å². The molecule has 1 rings (SSSR count). The van der Waals surface area contributed by atoms with Crippen LogP contribution < -0.4 is 0 Å². The van der Waals surface area contributed by atoms with Crippen molar-refractivity contribution in [2.45, 2.75) is 26.7 Å². The molecule has 0 N–H and O–H groups in total. The van der Waals surface area contributed by atoms with Crippen molar-refractivity contribution < 1.29 is 4.79 Å². The summed E-state index contributed by atoms with van der Waals surface area (Å²) in [5.41, 5.74) is 0.982. The molecule has 0 saturated heterocycles. The van der Waals surface area contributed by atoms with Gasteiger partial charge in [-0.1, -0.05) is 6.92 Å². The molecule has 0 fully saturated rings. The van der Waals surface area contributed by atoms with Crippen LogP contribution >= 0.6 is 15.9 Å². The molecule has 1 aromatic heterocycles. The van der Waals surface area contributed by atoms with Crippen LogP contribution in [0.15, 0.2) is 22.8 Å². The minimum Gasteiger partial charge on any atom is -0.300 e. The first-order valence-electron chi connectivity index (χ1n) is 4.74. The number of rotatable bonds is 4. The van der Waals surface area contributed by atoms with Gasteiger partial charge in [-0.15, -0.1) is 0 Å². The number of hydrogen-bond donors (Lipinski definition) is 0. The molecule has 1 atom stereocenters. The minimum absolute atomic E-state index is 0.115. The molecule has 1 heterocycles. The SMILES string of the molecule is CCC(Cc1ccc(Br)cn1)C(C)=O. The predicted molar refractivity (Wildman–Crippen MR) is 60.1 cm³/mol. The lowest BCUT2D eigenvalue weighted by Gasteiger charge is -2.09. The van der Waals surface area contributed by atoms with E-state index < -0.39 is 0 Å². The van der Waals surface area contributed by atoms with Gasteiger partial charge in [0, 0.05) is 22.3 Å². The van der Waals surface area contributed by atoms with E-state index in [1.165, 1.54) is 0 Å². The molecule has 2 nitrogen and oxygen atoms in total. The van der Waals surface area contributed by atoms with Crippen molar-refractivity contribution >= 4 is 21.7 Å². The Bertz CT molecular complexity index is 308. The molecule has 76 valence electrons. The second-order valence-electron chi connectivity index (χ2n) is 3.39. The Labute approximate surface area is 92.9 Å². The maximum Gasteiger partial charge on any atom is 0.133 e. The van der Waals surface area contributed by atoms with Crippen molar-refractivity contribution in [2.75, 3.05) is 0 Å². The van der Waals surface area contributed by atoms with E-state index in [9.17, 15) is 4.79 Å². The summed E-state index contributed by atoms with van der Waals surface area (Å²) in [6.45, 7) is 3.68. The zero-order valence-electron chi connectivity index (χ0n) is 8.46. The Morgan fingerprint density at radius 1 is 1.57 bits per heavy atom. The van der Waals surface area contributed by atoms with E-state index >= 15 is 0 Å². The van der Waals surface area contributed by atoms with Gasteiger partial charge in [-0.25, -0.2) is 0 Å². The second-order valence-corrected chi connectivity index (χ2v) is 4.30. The molecule has 0 aliphatic rings. The van der Waals surface area contributed by atoms with Crippen molar-refractivity contribution in [3.05, 3.63) is 28.5 Å². The molecule has 3 heteroatoms. The van der Waals surface area contributed by atoms with Crippen LogP contribution in [0.1, 0.15) is 26.0 Å². The van der Waals surface area contributed by atoms with Crippen molar-refractivity contribution in [3.63, 3.8) is 0 Å². The fraction of sp³-hybridized carbons (Fsp3) is 0.455. The Morgan fingerprint density at radius 3 is 2.71 bits per heavy atom. The fourth-order valence-corrected chi connectivity index (χ4v) is 1.59. The van der Waals surface area contributed by atoms with Gasteiger partial charge in [-0.3, -0.25) is 9.78 Å². The largest absolute Gasteiger partial charge is 0.300 e. The van der Waals surface area contributed by atoms with Crippen molar-refractivity contribution in [1.82, 2.24) is 4.98 Å². The Morgan fingerprint density at radius 2 is 2.29 bits per heavy atom.